The molecule has 18 heavy (non-hydrogen) atoms. The molecular weight excluding hydrogens is 240 g/mol. The summed E-state index contributed by atoms with van der Waals surface area (Å²) in [4.78, 5) is 4.62. The van der Waals surface area contributed by atoms with Gasteiger partial charge in [0.2, 0.25) is 0 Å². The van der Waals surface area contributed by atoms with Gasteiger partial charge in [0.1, 0.15) is 5.01 Å². The predicted molar refractivity (Wildman–Crippen MR) is 78.0 cm³/mol. The number of nitrogens with zero attached hydrogens (tertiary/aromatic N) is 1. The highest BCUT2D eigenvalue weighted by atomic mass is 32.1. The third-order valence-electron chi connectivity index (χ3n) is 3.40. The third-order valence-corrected chi connectivity index (χ3v) is 4.62. The highest BCUT2D eigenvalue weighted by Crippen LogP contribution is 2.28. The minimum atomic E-state index is -0.0330. The number of rotatable bonds is 5. The molecule has 2 rings (SSSR count). The Morgan fingerprint density at radius 1 is 1.28 bits per heavy atom. The molecule has 0 bridgehead atoms. The summed E-state index contributed by atoms with van der Waals surface area (Å²) < 4.78 is 0. The number of thiazole rings is 1. The Morgan fingerprint density at radius 3 is 2.56 bits per heavy atom. The normalized spacial score (nSPS) is 14.4. The topological polar surface area (TPSA) is 24.9 Å². The number of benzene rings is 1. The fourth-order valence-electron chi connectivity index (χ4n) is 1.99. The van der Waals surface area contributed by atoms with Crippen LogP contribution in [0.4, 0.5) is 0 Å². The van der Waals surface area contributed by atoms with E-state index in [0.717, 1.165) is 18.5 Å². The molecule has 2 nitrogen and oxygen atoms in total. The molecule has 1 unspecified atom stereocenters. The Labute approximate surface area is 113 Å². The molecule has 0 aliphatic heterocycles. The van der Waals surface area contributed by atoms with Gasteiger partial charge in [-0.25, -0.2) is 4.98 Å². The molecule has 3 heteroatoms. The van der Waals surface area contributed by atoms with Gasteiger partial charge >= 0.3 is 0 Å². The van der Waals surface area contributed by atoms with E-state index in [1.165, 1.54) is 10.6 Å². The summed E-state index contributed by atoms with van der Waals surface area (Å²) >= 11 is 1.74. The average Bonchev–Trinajstić information content (AvgIpc) is 2.84. The van der Waals surface area contributed by atoms with Crippen LogP contribution in [0.5, 0.6) is 0 Å². The summed E-state index contributed by atoms with van der Waals surface area (Å²) in [6, 6.07) is 10.6. The van der Waals surface area contributed by atoms with Crippen LogP contribution in [-0.2, 0) is 12.0 Å². The van der Waals surface area contributed by atoms with Crippen molar-refractivity contribution in [1.29, 1.82) is 0 Å². The molecule has 1 aromatic heterocycles. The zero-order valence-electron chi connectivity index (χ0n) is 11.2. The van der Waals surface area contributed by atoms with Crippen LogP contribution < -0.4 is 5.32 Å². The molecule has 1 atom stereocenters. The quantitative estimate of drug-likeness (QED) is 0.889. The summed E-state index contributed by atoms with van der Waals surface area (Å²) in [5.41, 5.74) is 2.46. The highest BCUT2D eigenvalue weighted by Gasteiger charge is 2.27. The first kappa shape index (κ1) is 13.2. The second-order valence-corrected chi connectivity index (χ2v) is 5.72. The minimum absolute atomic E-state index is 0.0330. The smallest absolute Gasteiger partial charge is 0.113 e. The van der Waals surface area contributed by atoms with Gasteiger partial charge in [0.25, 0.3) is 0 Å². The molecule has 0 saturated carbocycles. The van der Waals surface area contributed by atoms with Gasteiger partial charge in [0, 0.05) is 11.1 Å². The van der Waals surface area contributed by atoms with E-state index in [1.54, 1.807) is 11.3 Å². The van der Waals surface area contributed by atoms with Crippen LogP contribution in [0.2, 0.25) is 0 Å². The van der Waals surface area contributed by atoms with Crippen molar-refractivity contribution in [3.63, 3.8) is 0 Å². The Kier molecular flexibility index (Phi) is 4.15. The standard InChI is InChI=1S/C15H20N2S/c1-12-11-18-14(17-12)15(2,16-3)10-9-13-7-5-4-6-8-13/h4-8,11,16H,9-10H2,1-3H3. The molecule has 0 radical (unpaired) electrons. The first-order valence-corrected chi connectivity index (χ1v) is 7.17. The van der Waals surface area contributed by atoms with Crippen molar-refractivity contribution in [3.8, 4) is 0 Å². The van der Waals surface area contributed by atoms with E-state index in [9.17, 15) is 0 Å². The van der Waals surface area contributed by atoms with Crippen LogP contribution in [-0.4, -0.2) is 12.0 Å². The highest BCUT2D eigenvalue weighted by molar-refractivity contribution is 7.09. The van der Waals surface area contributed by atoms with E-state index in [2.05, 4.69) is 52.9 Å². The monoisotopic (exact) mass is 260 g/mol. The summed E-state index contributed by atoms with van der Waals surface area (Å²) in [6.07, 6.45) is 2.12. The lowest BCUT2D eigenvalue weighted by atomic mass is 9.94. The Morgan fingerprint density at radius 2 is 2.00 bits per heavy atom. The van der Waals surface area contributed by atoms with Crippen LogP contribution in [0.25, 0.3) is 0 Å². The van der Waals surface area contributed by atoms with Gasteiger partial charge in [0.05, 0.1) is 5.54 Å². The fraction of sp³-hybridized carbons (Fsp3) is 0.400. The molecular formula is C15H20N2S. The molecule has 1 aromatic carbocycles. The summed E-state index contributed by atoms with van der Waals surface area (Å²) in [7, 11) is 2.02. The van der Waals surface area contributed by atoms with Crippen LogP contribution in [0.15, 0.2) is 35.7 Å². The molecule has 0 amide bonds. The van der Waals surface area contributed by atoms with Crippen LogP contribution in [0, 0.1) is 6.92 Å². The molecule has 0 aliphatic rings. The van der Waals surface area contributed by atoms with Crippen molar-refractivity contribution in [2.24, 2.45) is 0 Å². The first-order chi connectivity index (χ1) is 8.64. The van der Waals surface area contributed by atoms with E-state index < -0.39 is 0 Å². The minimum Gasteiger partial charge on any atom is -0.309 e. The summed E-state index contributed by atoms with van der Waals surface area (Å²) in [6.45, 7) is 4.28. The fourth-order valence-corrected chi connectivity index (χ4v) is 2.98. The number of nitrogens with one attached hydrogen (secondary N) is 1. The van der Waals surface area contributed by atoms with Crippen molar-refractivity contribution in [3.05, 3.63) is 52.0 Å². The van der Waals surface area contributed by atoms with Crippen LogP contribution in [0.3, 0.4) is 0 Å². The second-order valence-electron chi connectivity index (χ2n) is 4.86. The zero-order valence-corrected chi connectivity index (χ0v) is 12.1. The van der Waals surface area contributed by atoms with Gasteiger partial charge in [-0.2, -0.15) is 0 Å². The maximum Gasteiger partial charge on any atom is 0.113 e. The van der Waals surface area contributed by atoms with E-state index in [1.807, 2.05) is 14.0 Å². The lowest BCUT2D eigenvalue weighted by Crippen LogP contribution is -2.37. The van der Waals surface area contributed by atoms with Crippen molar-refractivity contribution in [1.82, 2.24) is 10.3 Å². The Balaban J connectivity index is 2.09. The number of aromatic nitrogens is 1. The maximum atomic E-state index is 4.62. The summed E-state index contributed by atoms with van der Waals surface area (Å²) in [5, 5.41) is 6.72. The Bertz CT molecular complexity index is 492. The average molecular weight is 260 g/mol. The van der Waals surface area contributed by atoms with Crippen molar-refractivity contribution >= 4 is 11.3 Å². The molecule has 2 aromatic rings. The maximum absolute atomic E-state index is 4.62. The van der Waals surface area contributed by atoms with E-state index >= 15 is 0 Å². The number of aryl methyl sites for hydroxylation is 2. The van der Waals surface area contributed by atoms with Gasteiger partial charge in [-0.15, -0.1) is 11.3 Å². The molecule has 0 aliphatic carbocycles. The lowest BCUT2D eigenvalue weighted by molar-refractivity contribution is 0.367. The lowest BCUT2D eigenvalue weighted by Gasteiger charge is -2.27. The van der Waals surface area contributed by atoms with E-state index in [4.69, 9.17) is 0 Å². The SMILES string of the molecule is CNC(C)(CCc1ccccc1)c1nc(C)cs1. The van der Waals surface area contributed by atoms with E-state index in [-0.39, 0.29) is 5.54 Å². The largest absolute Gasteiger partial charge is 0.309 e. The van der Waals surface area contributed by atoms with Crippen LogP contribution >= 0.6 is 11.3 Å². The zero-order chi connectivity index (χ0) is 13.0. The molecule has 0 fully saturated rings. The van der Waals surface area contributed by atoms with Gasteiger partial charge in [-0.1, -0.05) is 30.3 Å². The van der Waals surface area contributed by atoms with Crippen molar-refractivity contribution in [2.75, 3.05) is 7.05 Å². The first-order valence-electron chi connectivity index (χ1n) is 6.29. The van der Waals surface area contributed by atoms with Gasteiger partial charge < -0.3 is 5.32 Å². The molecule has 96 valence electrons. The molecule has 0 spiro atoms. The van der Waals surface area contributed by atoms with E-state index in [0.29, 0.717) is 0 Å². The Hall–Kier alpha value is -1.19. The van der Waals surface area contributed by atoms with Crippen molar-refractivity contribution in [2.45, 2.75) is 32.2 Å². The number of hydrogen-bond donors (Lipinski definition) is 1. The summed E-state index contributed by atoms with van der Waals surface area (Å²) in [5.74, 6) is 0. The number of hydrogen-bond acceptors (Lipinski definition) is 3. The third kappa shape index (κ3) is 2.98. The molecule has 1 heterocycles. The molecule has 0 saturated heterocycles. The molecule has 1 N–H and O–H groups in total. The van der Waals surface area contributed by atoms with Crippen LogP contribution in [0.1, 0.15) is 29.6 Å². The predicted octanol–water partition coefficient (Wildman–Crippen LogP) is 3.52. The van der Waals surface area contributed by atoms with Crippen molar-refractivity contribution < 1.29 is 0 Å². The van der Waals surface area contributed by atoms with Gasteiger partial charge in [-0.05, 0) is 39.3 Å². The van der Waals surface area contributed by atoms with Gasteiger partial charge in [-0.3, -0.25) is 0 Å². The van der Waals surface area contributed by atoms with Gasteiger partial charge in [0.15, 0.2) is 0 Å². The second kappa shape index (κ2) is 5.63.